The summed E-state index contributed by atoms with van der Waals surface area (Å²) in [4.78, 5) is 14.7. The first-order valence-corrected chi connectivity index (χ1v) is 6.04. The Labute approximate surface area is 101 Å². The van der Waals surface area contributed by atoms with Crippen molar-refractivity contribution in [1.82, 2.24) is 10.3 Å². The molecule has 1 aromatic carbocycles. The number of fused-ring (bicyclic) bond motifs is 1. The van der Waals surface area contributed by atoms with Crippen molar-refractivity contribution >= 4 is 16.8 Å². The van der Waals surface area contributed by atoms with Gasteiger partial charge >= 0.3 is 0 Å². The van der Waals surface area contributed by atoms with Crippen molar-refractivity contribution < 1.29 is 4.79 Å². The molecular weight excluding hydrogens is 212 g/mol. The number of rotatable bonds is 4. The van der Waals surface area contributed by atoms with Gasteiger partial charge in [0.1, 0.15) is 0 Å². The van der Waals surface area contributed by atoms with Gasteiger partial charge in [0, 0.05) is 24.2 Å². The molecule has 0 unspecified atom stereocenters. The minimum Gasteiger partial charge on any atom is -0.359 e. The van der Waals surface area contributed by atoms with Crippen LogP contribution in [0.25, 0.3) is 10.9 Å². The lowest BCUT2D eigenvalue weighted by Crippen LogP contribution is -2.21. The molecule has 1 heterocycles. The first-order valence-electron chi connectivity index (χ1n) is 6.04. The van der Waals surface area contributed by atoms with Gasteiger partial charge in [-0.1, -0.05) is 13.0 Å². The molecule has 0 atom stereocenters. The zero-order valence-corrected chi connectivity index (χ0v) is 10.3. The normalized spacial score (nSPS) is 10.7. The molecule has 3 heteroatoms. The lowest BCUT2D eigenvalue weighted by molar-refractivity contribution is -0.121. The summed E-state index contributed by atoms with van der Waals surface area (Å²) in [5, 5.41) is 4.12. The van der Waals surface area contributed by atoms with E-state index in [2.05, 4.69) is 28.5 Å². The average Bonchev–Trinajstić information content (AvgIpc) is 2.66. The summed E-state index contributed by atoms with van der Waals surface area (Å²) in [6.07, 6.45) is 1.49. The first kappa shape index (κ1) is 11.7. The molecule has 90 valence electrons. The van der Waals surface area contributed by atoms with Gasteiger partial charge in [-0.15, -0.1) is 0 Å². The number of hydrogen-bond acceptors (Lipinski definition) is 1. The van der Waals surface area contributed by atoms with E-state index in [0.29, 0.717) is 13.0 Å². The second-order valence-corrected chi connectivity index (χ2v) is 4.40. The molecule has 3 nitrogen and oxygen atoms in total. The number of amides is 1. The summed E-state index contributed by atoms with van der Waals surface area (Å²) < 4.78 is 0. The number of aromatic amines is 1. The standard InChI is InChI=1S/C14H18N2O/c1-3-4-14(17)15-9-11-5-6-13-12(8-11)7-10(2)16-13/h5-8,16H,3-4,9H2,1-2H3,(H,15,17). The zero-order valence-electron chi connectivity index (χ0n) is 10.3. The second-order valence-electron chi connectivity index (χ2n) is 4.40. The molecule has 0 aliphatic heterocycles. The fourth-order valence-corrected chi connectivity index (χ4v) is 1.95. The van der Waals surface area contributed by atoms with Gasteiger partial charge in [0.15, 0.2) is 0 Å². The molecule has 17 heavy (non-hydrogen) atoms. The number of hydrogen-bond donors (Lipinski definition) is 2. The first-order chi connectivity index (χ1) is 8.19. The van der Waals surface area contributed by atoms with E-state index < -0.39 is 0 Å². The van der Waals surface area contributed by atoms with Crippen LogP contribution in [0.5, 0.6) is 0 Å². The molecule has 0 radical (unpaired) electrons. The molecule has 2 rings (SSSR count). The molecule has 0 fully saturated rings. The minimum atomic E-state index is 0.123. The van der Waals surface area contributed by atoms with E-state index in [-0.39, 0.29) is 5.91 Å². The Hall–Kier alpha value is -1.77. The van der Waals surface area contributed by atoms with Gasteiger partial charge in [-0.2, -0.15) is 0 Å². The number of carbonyl (C=O) groups is 1. The van der Waals surface area contributed by atoms with Crippen molar-refractivity contribution in [2.24, 2.45) is 0 Å². The molecule has 0 aliphatic rings. The van der Waals surface area contributed by atoms with Crippen molar-refractivity contribution in [3.63, 3.8) is 0 Å². The maximum atomic E-state index is 11.4. The van der Waals surface area contributed by atoms with Crippen molar-refractivity contribution in [2.45, 2.75) is 33.2 Å². The number of H-pyrrole nitrogens is 1. The van der Waals surface area contributed by atoms with E-state index in [9.17, 15) is 4.79 Å². The summed E-state index contributed by atoms with van der Waals surface area (Å²) in [7, 11) is 0. The lowest BCUT2D eigenvalue weighted by atomic mass is 10.1. The van der Waals surface area contributed by atoms with Gasteiger partial charge in [-0.05, 0) is 42.5 Å². The molecular formula is C14H18N2O. The van der Waals surface area contributed by atoms with Crippen LogP contribution in [0.2, 0.25) is 0 Å². The molecule has 1 aromatic heterocycles. The third-order valence-corrected chi connectivity index (χ3v) is 2.79. The summed E-state index contributed by atoms with van der Waals surface area (Å²) in [6, 6.07) is 8.34. The van der Waals surface area contributed by atoms with Gasteiger partial charge in [-0.25, -0.2) is 0 Å². The molecule has 2 aromatic rings. The Morgan fingerprint density at radius 3 is 2.94 bits per heavy atom. The van der Waals surface area contributed by atoms with Gasteiger partial charge < -0.3 is 10.3 Å². The van der Waals surface area contributed by atoms with Crippen LogP contribution in [0.15, 0.2) is 24.3 Å². The van der Waals surface area contributed by atoms with E-state index in [1.807, 2.05) is 19.9 Å². The van der Waals surface area contributed by atoms with E-state index in [0.717, 1.165) is 23.2 Å². The highest BCUT2D eigenvalue weighted by atomic mass is 16.1. The number of nitrogens with one attached hydrogen (secondary N) is 2. The van der Waals surface area contributed by atoms with Gasteiger partial charge in [-0.3, -0.25) is 4.79 Å². The quantitative estimate of drug-likeness (QED) is 0.833. The molecule has 0 aliphatic carbocycles. The summed E-state index contributed by atoms with van der Waals surface area (Å²) in [5.41, 5.74) is 3.44. The SMILES string of the molecule is CCCC(=O)NCc1ccc2[nH]c(C)cc2c1. The summed E-state index contributed by atoms with van der Waals surface area (Å²) in [5.74, 6) is 0.123. The Morgan fingerprint density at radius 1 is 1.35 bits per heavy atom. The van der Waals surface area contributed by atoms with Crippen LogP contribution in [0.1, 0.15) is 31.0 Å². The molecule has 0 bridgehead atoms. The van der Waals surface area contributed by atoms with Crippen LogP contribution < -0.4 is 5.32 Å². The van der Waals surface area contributed by atoms with Crippen molar-refractivity contribution in [3.8, 4) is 0 Å². The largest absolute Gasteiger partial charge is 0.359 e. The van der Waals surface area contributed by atoms with Gasteiger partial charge in [0.2, 0.25) is 5.91 Å². The highest BCUT2D eigenvalue weighted by molar-refractivity contribution is 5.81. The number of benzene rings is 1. The van der Waals surface area contributed by atoms with Crippen LogP contribution >= 0.6 is 0 Å². The lowest BCUT2D eigenvalue weighted by Gasteiger charge is -2.04. The van der Waals surface area contributed by atoms with Crippen molar-refractivity contribution in [1.29, 1.82) is 0 Å². The Bertz CT molecular complexity index is 528. The fraction of sp³-hybridized carbons (Fsp3) is 0.357. The van der Waals surface area contributed by atoms with Crippen LogP contribution in [-0.2, 0) is 11.3 Å². The van der Waals surface area contributed by atoms with Crippen LogP contribution in [0, 0.1) is 6.92 Å². The fourth-order valence-electron chi connectivity index (χ4n) is 1.95. The second kappa shape index (κ2) is 5.04. The highest BCUT2D eigenvalue weighted by Gasteiger charge is 2.02. The molecule has 2 N–H and O–H groups in total. The predicted molar refractivity (Wildman–Crippen MR) is 69.8 cm³/mol. The van der Waals surface area contributed by atoms with E-state index >= 15 is 0 Å². The van der Waals surface area contributed by atoms with Gasteiger partial charge in [0.25, 0.3) is 0 Å². The summed E-state index contributed by atoms with van der Waals surface area (Å²) >= 11 is 0. The third kappa shape index (κ3) is 2.87. The average molecular weight is 230 g/mol. The number of carbonyl (C=O) groups excluding carboxylic acids is 1. The number of aromatic nitrogens is 1. The van der Waals surface area contributed by atoms with Crippen LogP contribution in [-0.4, -0.2) is 10.9 Å². The van der Waals surface area contributed by atoms with E-state index in [1.54, 1.807) is 0 Å². The van der Waals surface area contributed by atoms with Crippen LogP contribution in [0.4, 0.5) is 0 Å². The summed E-state index contributed by atoms with van der Waals surface area (Å²) in [6.45, 7) is 4.66. The molecule has 1 amide bonds. The molecule has 0 spiro atoms. The van der Waals surface area contributed by atoms with Crippen molar-refractivity contribution in [3.05, 3.63) is 35.5 Å². The highest BCUT2D eigenvalue weighted by Crippen LogP contribution is 2.16. The Balaban J connectivity index is 2.06. The van der Waals surface area contributed by atoms with Crippen LogP contribution in [0.3, 0.4) is 0 Å². The number of aryl methyl sites for hydroxylation is 1. The zero-order chi connectivity index (χ0) is 12.3. The van der Waals surface area contributed by atoms with Crippen molar-refractivity contribution in [2.75, 3.05) is 0 Å². The maximum Gasteiger partial charge on any atom is 0.220 e. The van der Waals surface area contributed by atoms with Gasteiger partial charge in [0.05, 0.1) is 0 Å². The smallest absolute Gasteiger partial charge is 0.220 e. The monoisotopic (exact) mass is 230 g/mol. The van der Waals surface area contributed by atoms with E-state index in [1.165, 1.54) is 5.39 Å². The predicted octanol–water partition coefficient (Wildman–Crippen LogP) is 2.89. The maximum absolute atomic E-state index is 11.4. The topological polar surface area (TPSA) is 44.9 Å². The third-order valence-electron chi connectivity index (χ3n) is 2.79. The molecule has 0 saturated heterocycles. The Kier molecular flexibility index (Phi) is 3.47. The van der Waals surface area contributed by atoms with E-state index in [4.69, 9.17) is 0 Å². The molecule has 0 saturated carbocycles. The Morgan fingerprint density at radius 2 is 2.18 bits per heavy atom. The minimum absolute atomic E-state index is 0.123.